The lowest BCUT2D eigenvalue weighted by atomic mass is 9.85. The summed E-state index contributed by atoms with van der Waals surface area (Å²) in [5, 5.41) is 16.4. The van der Waals surface area contributed by atoms with Crippen molar-refractivity contribution < 1.29 is 14.2 Å². The van der Waals surface area contributed by atoms with Gasteiger partial charge in [-0.3, -0.25) is 10.1 Å². The predicted octanol–water partition coefficient (Wildman–Crippen LogP) is 5.06. The molecule has 0 spiro atoms. The molecule has 4 aromatic rings. The van der Waals surface area contributed by atoms with Crippen LogP contribution in [-0.2, 0) is 6.42 Å². The number of methoxy groups -OCH3 is 1. The minimum atomic E-state index is -0.422. The average Bonchev–Trinajstić information content (AvgIpc) is 3.25. The number of hydrogen-bond acceptors (Lipinski definition) is 5. The zero-order valence-electron chi connectivity index (χ0n) is 16.4. The summed E-state index contributed by atoms with van der Waals surface area (Å²) in [6, 6.07) is 15.8. The van der Waals surface area contributed by atoms with Gasteiger partial charge in [0.05, 0.1) is 12.0 Å². The van der Waals surface area contributed by atoms with Gasteiger partial charge in [0.2, 0.25) is 5.76 Å². The van der Waals surface area contributed by atoms with Crippen LogP contribution in [0.15, 0.2) is 53.1 Å². The normalized spacial score (nSPS) is 12.2. The molecule has 7 nitrogen and oxygen atoms in total. The molecule has 1 N–H and O–H groups in total. The Labute approximate surface area is 167 Å². The van der Waals surface area contributed by atoms with Crippen LogP contribution in [0.25, 0.3) is 10.9 Å². The molecule has 0 amide bonds. The summed E-state index contributed by atoms with van der Waals surface area (Å²) in [6.07, 6.45) is 0.326. The fourth-order valence-electron chi connectivity index (χ4n) is 3.94. The SMILES string of the molecule is COc1ccc2[nH]c(C)c(C(Cc3onc(C)c3[N+](=O)[O-])c3ccccc3)c2c1. The molecule has 0 saturated carbocycles. The molecule has 0 aliphatic heterocycles. The highest BCUT2D eigenvalue weighted by atomic mass is 16.6. The number of aromatic amines is 1. The van der Waals surface area contributed by atoms with Crippen molar-refractivity contribution in [2.75, 3.05) is 7.11 Å². The molecule has 4 rings (SSSR count). The molecule has 2 heterocycles. The maximum atomic E-state index is 11.6. The van der Waals surface area contributed by atoms with E-state index >= 15 is 0 Å². The topological polar surface area (TPSA) is 94.2 Å². The highest BCUT2D eigenvalue weighted by molar-refractivity contribution is 5.87. The highest BCUT2D eigenvalue weighted by Gasteiger charge is 2.30. The lowest BCUT2D eigenvalue weighted by molar-refractivity contribution is -0.386. The lowest BCUT2D eigenvalue weighted by Gasteiger charge is -2.17. The molecular weight excluding hydrogens is 370 g/mol. The van der Waals surface area contributed by atoms with Gasteiger partial charge in [-0.15, -0.1) is 0 Å². The first-order chi connectivity index (χ1) is 14.0. The van der Waals surface area contributed by atoms with Crippen LogP contribution in [0.1, 0.15) is 34.2 Å². The van der Waals surface area contributed by atoms with E-state index in [-0.39, 0.29) is 23.1 Å². The number of nitro groups is 1. The Hall–Kier alpha value is -3.61. The van der Waals surface area contributed by atoms with E-state index in [0.717, 1.165) is 33.5 Å². The third-order valence-electron chi connectivity index (χ3n) is 5.27. The van der Waals surface area contributed by atoms with Gasteiger partial charge in [0, 0.05) is 28.9 Å². The third kappa shape index (κ3) is 3.35. The maximum Gasteiger partial charge on any atom is 0.334 e. The first-order valence-corrected chi connectivity index (χ1v) is 9.30. The van der Waals surface area contributed by atoms with Crippen molar-refractivity contribution >= 4 is 16.6 Å². The number of rotatable bonds is 6. The summed E-state index contributed by atoms with van der Waals surface area (Å²) in [5.74, 6) is 0.882. The molecule has 0 fully saturated rings. The molecule has 148 valence electrons. The first-order valence-electron chi connectivity index (χ1n) is 9.30. The molecule has 0 aliphatic rings. The Balaban J connectivity index is 1.90. The van der Waals surface area contributed by atoms with Gasteiger partial charge < -0.3 is 14.2 Å². The van der Waals surface area contributed by atoms with Gasteiger partial charge in [-0.25, -0.2) is 0 Å². The Morgan fingerprint density at radius 3 is 2.66 bits per heavy atom. The number of fused-ring (bicyclic) bond motifs is 1. The van der Waals surface area contributed by atoms with Crippen LogP contribution in [0.5, 0.6) is 5.75 Å². The van der Waals surface area contributed by atoms with E-state index in [1.807, 2.05) is 55.5 Å². The molecule has 29 heavy (non-hydrogen) atoms. The summed E-state index contributed by atoms with van der Waals surface area (Å²) in [6.45, 7) is 3.60. The van der Waals surface area contributed by atoms with Crippen LogP contribution in [0, 0.1) is 24.0 Å². The van der Waals surface area contributed by atoms with Crippen molar-refractivity contribution in [1.29, 1.82) is 0 Å². The van der Waals surface area contributed by atoms with Crippen molar-refractivity contribution in [3.8, 4) is 5.75 Å². The highest BCUT2D eigenvalue weighted by Crippen LogP contribution is 2.39. The van der Waals surface area contributed by atoms with E-state index in [4.69, 9.17) is 9.26 Å². The monoisotopic (exact) mass is 391 g/mol. The minimum Gasteiger partial charge on any atom is -0.497 e. The number of hydrogen-bond donors (Lipinski definition) is 1. The fraction of sp³-hybridized carbons (Fsp3) is 0.227. The zero-order valence-corrected chi connectivity index (χ0v) is 16.4. The molecule has 1 unspecified atom stereocenters. The van der Waals surface area contributed by atoms with Crippen molar-refractivity contribution in [2.45, 2.75) is 26.2 Å². The Morgan fingerprint density at radius 2 is 1.97 bits per heavy atom. The summed E-state index contributed by atoms with van der Waals surface area (Å²) in [4.78, 5) is 14.6. The van der Waals surface area contributed by atoms with Crippen LogP contribution in [0.4, 0.5) is 5.69 Å². The van der Waals surface area contributed by atoms with Gasteiger partial charge in [-0.1, -0.05) is 35.5 Å². The number of H-pyrrole nitrogens is 1. The molecule has 0 bridgehead atoms. The molecule has 7 heteroatoms. The largest absolute Gasteiger partial charge is 0.497 e. The van der Waals surface area contributed by atoms with E-state index in [1.54, 1.807) is 14.0 Å². The van der Waals surface area contributed by atoms with Crippen molar-refractivity contribution in [2.24, 2.45) is 0 Å². The van der Waals surface area contributed by atoms with E-state index in [9.17, 15) is 10.1 Å². The van der Waals surface area contributed by atoms with Gasteiger partial charge in [0.25, 0.3) is 0 Å². The number of benzene rings is 2. The number of aromatic nitrogens is 2. The van der Waals surface area contributed by atoms with Crippen LogP contribution >= 0.6 is 0 Å². The number of aryl methyl sites for hydroxylation is 2. The van der Waals surface area contributed by atoms with E-state index < -0.39 is 4.92 Å². The number of nitrogens with zero attached hydrogens (tertiary/aromatic N) is 2. The summed E-state index contributed by atoms with van der Waals surface area (Å²) in [7, 11) is 1.63. The molecule has 2 aromatic carbocycles. The van der Waals surface area contributed by atoms with Gasteiger partial charge in [0.15, 0.2) is 5.69 Å². The molecule has 0 radical (unpaired) electrons. The molecule has 1 atom stereocenters. The second kappa shape index (κ2) is 7.43. The Morgan fingerprint density at radius 1 is 1.21 bits per heavy atom. The van der Waals surface area contributed by atoms with Crippen LogP contribution in [0.3, 0.4) is 0 Å². The Kier molecular flexibility index (Phi) is 4.80. The Bertz CT molecular complexity index is 1180. The second-order valence-corrected chi connectivity index (χ2v) is 7.04. The van der Waals surface area contributed by atoms with Gasteiger partial charge in [-0.05, 0) is 43.2 Å². The summed E-state index contributed by atoms with van der Waals surface area (Å²) in [5.41, 5.74) is 4.33. The second-order valence-electron chi connectivity index (χ2n) is 7.04. The standard InChI is InChI=1S/C22H21N3O4/c1-13-21(18-11-16(28-3)9-10-19(18)23-13)17(15-7-5-4-6-8-15)12-20-22(25(26)27)14(2)24-29-20/h4-11,17,23H,12H2,1-3H3. The predicted molar refractivity (Wildman–Crippen MR) is 109 cm³/mol. The minimum absolute atomic E-state index is 0.0546. The lowest BCUT2D eigenvalue weighted by Crippen LogP contribution is -2.07. The maximum absolute atomic E-state index is 11.6. The van der Waals surface area contributed by atoms with Gasteiger partial charge in [-0.2, -0.15) is 0 Å². The van der Waals surface area contributed by atoms with E-state index in [2.05, 4.69) is 10.1 Å². The van der Waals surface area contributed by atoms with Crippen molar-refractivity contribution in [1.82, 2.24) is 10.1 Å². The zero-order chi connectivity index (χ0) is 20.5. The molecule has 0 aliphatic carbocycles. The van der Waals surface area contributed by atoms with E-state index in [1.165, 1.54) is 0 Å². The summed E-state index contributed by atoms with van der Waals surface area (Å²) >= 11 is 0. The molecule has 0 saturated heterocycles. The van der Waals surface area contributed by atoms with E-state index in [0.29, 0.717) is 6.42 Å². The number of nitrogens with one attached hydrogen (secondary N) is 1. The average molecular weight is 391 g/mol. The third-order valence-corrected chi connectivity index (χ3v) is 5.27. The van der Waals surface area contributed by atoms with Gasteiger partial charge in [0.1, 0.15) is 5.75 Å². The quantitative estimate of drug-likeness (QED) is 0.366. The number of ether oxygens (including phenoxy) is 1. The first kappa shape index (κ1) is 18.7. The van der Waals surface area contributed by atoms with Crippen LogP contribution in [0.2, 0.25) is 0 Å². The van der Waals surface area contributed by atoms with Crippen LogP contribution in [-0.4, -0.2) is 22.2 Å². The van der Waals surface area contributed by atoms with Crippen LogP contribution < -0.4 is 4.74 Å². The fourth-order valence-corrected chi connectivity index (χ4v) is 3.94. The smallest absolute Gasteiger partial charge is 0.334 e. The summed E-state index contributed by atoms with van der Waals surface area (Å²) < 4.78 is 10.8. The van der Waals surface area contributed by atoms with Gasteiger partial charge >= 0.3 is 5.69 Å². The molecular formula is C22H21N3O4. The van der Waals surface area contributed by atoms with Crippen molar-refractivity contribution in [3.05, 3.63) is 86.9 Å². The molecule has 2 aromatic heterocycles. The van der Waals surface area contributed by atoms with Crippen molar-refractivity contribution in [3.63, 3.8) is 0 Å².